The largest absolute Gasteiger partial charge is 0.369 e. The molecule has 0 radical (unpaired) electrons. The Labute approximate surface area is 101 Å². The Kier molecular flexibility index (Phi) is 2.73. The fraction of sp³-hybridized carbons (Fsp3) is 0.462. The molecule has 1 saturated heterocycles. The normalized spacial score (nSPS) is 16.9. The number of hydrogen-bond acceptors (Lipinski definition) is 2. The Hall–Kier alpha value is -1.55. The molecule has 1 aliphatic rings. The van der Waals surface area contributed by atoms with E-state index in [1.54, 1.807) is 4.90 Å². The first-order valence-corrected chi connectivity index (χ1v) is 6.39. The molecule has 0 unspecified atom stereocenters. The quantitative estimate of drug-likeness (QED) is 0.798. The van der Waals surface area contributed by atoms with Crippen LogP contribution in [0.25, 0.3) is 11.0 Å². The van der Waals surface area contributed by atoms with Crippen LogP contribution >= 0.6 is 0 Å². The minimum absolute atomic E-state index is 0.643. The summed E-state index contributed by atoms with van der Waals surface area (Å²) in [6, 6.07) is 8.16. The molecule has 4 nitrogen and oxygen atoms in total. The average molecular weight is 231 g/mol. The van der Waals surface area contributed by atoms with Crippen LogP contribution < -0.4 is 10.6 Å². The molecule has 1 fully saturated rings. The number of quaternary nitrogens is 1. The van der Waals surface area contributed by atoms with Gasteiger partial charge in [-0.2, -0.15) is 0 Å². The lowest BCUT2D eigenvalue weighted by atomic mass is 10.3. The molecule has 1 aromatic heterocycles. The van der Waals surface area contributed by atoms with E-state index in [1.807, 2.05) is 18.2 Å². The van der Waals surface area contributed by atoms with Crippen LogP contribution in [0.1, 0.15) is 12.8 Å². The molecule has 0 bridgehead atoms. The Balaban J connectivity index is 1.81. The van der Waals surface area contributed by atoms with Crippen LogP contribution in [0.2, 0.25) is 0 Å². The van der Waals surface area contributed by atoms with Gasteiger partial charge in [-0.25, -0.2) is 4.98 Å². The molecule has 2 aromatic rings. The molecule has 0 amide bonds. The van der Waals surface area contributed by atoms with E-state index in [1.165, 1.54) is 25.9 Å². The molecule has 0 aliphatic carbocycles. The van der Waals surface area contributed by atoms with E-state index in [0.29, 0.717) is 5.95 Å². The maximum absolute atomic E-state index is 5.98. The highest BCUT2D eigenvalue weighted by Gasteiger charge is 2.16. The number of aromatic nitrogens is 2. The molecular weight excluding hydrogens is 212 g/mol. The van der Waals surface area contributed by atoms with Gasteiger partial charge in [0.1, 0.15) is 0 Å². The van der Waals surface area contributed by atoms with Crippen molar-refractivity contribution >= 4 is 17.0 Å². The Morgan fingerprint density at radius 2 is 2.00 bits per heavy atom. The number of anilines is 1. The molecule has 4 heteroatoms. The lowest BCUT2D eigenvalue weighted by Gasteiger charge is -2.13. The molecule has 1 aliphatic heterocycles. The second-order valence-corrected chi connectivity index (χ2v) is 4.82. The fourth-order valence-electron chi connectivity index (χ4n) is 2.72. The summed E-state index contributed by atoms with van der Waals surface area (Å²) in [6.07, 6.45) is 2.74. The van der Waals surface area contributed by atoms with Crippen LogP contribution in [0.5, 0.6) is 0 Å². The highest BCUT2D eigenvalue weighted by Crippen LogP contribution is 2.16. The molecule has 3 N–H and O–H groups in total. The molecule has 17 heavy (non-hydrogen) atoms. The minimum Gasteiger partial charge on any atom is -0.369 e. The summed E-state index contributed by atoms with van der Waals surface area (Å²) in [5.41, 5.74) is 8.14. The van der Waals surface area contributed by atoms with Crippen molar-refractivity contribution in [3.05, 3.63) is 24.3 Å². The van der Waals surface area contributed by atoms with E-state index < -0.39 is 0 Å². The van der Waals surface area contributed by atoms with Crippen molar-refractivity contribution in [2.24, 2.45) is 0 Å². The molecular formula is C13H19N4+. The summed E-state index contributed by atoms with van der Waals surface area (Å²) in [7, 11) is 0. The van der Waals surface area contributed by atoms with Crippen LogP contribution in [0.15, 0.2) is 24.3 Å². The van der Waals surface area contributed by atoms with Gasteiger partial charge < -0.3 is 15.2 Å². The molecule has 2 heterocycles. The van der Waals surface area contributed by atoms with Crippen molar-refractivity contribution in [2.45, 2.75) is 19.4 Å². The number of hydrogen-bond donors (Lipinski definition) is 2. The zero-order valence-electron chi connectivity index (χ0n) is 10.0. The van der Waals surface area contributed by atoms with E-state index >= 15 is 0 Å². The lowest BCUT2D eigenvalue weighted by Crippen LogP contribution is -3.10. The summed E-state index contributed by atoms with van der Waals surface area (Å²) in [5, 5.41) is 0. The SMILES string of the molecule is Nc1nc2ccccc2n1CC[NH+]1CCCC1. The lowest BCUT2D eigenvalue weighted by molar-refractivity contribution is -0.887. The van der Waals surface area contributed by atoms with Crippen LogP contribution in [0.4, 0.5) is 5.95 Å². The second kappa shape index (κ2) is 4.37. The fourth-order valence-corrected chi connectivity index (χ4v) is 2.72. The van der Waals surface area contributed by atoms with Gasteiger partial charge in [0.05, 0.1) is 37.2 Å². The highest BCUT2D eigenvalue weighted by atomic mass is 15.2. The molecule has 90 valence electrons. The second-order valence-electron chi connectivity index (χ2n) is 4.82. The van der Waals surface area contributed by atoms with E-state index in [-0.39, 0.29) is 0 Å². The topological polar surface area (TPSA) is 48.3 Å². The number of fused-ring (bicyclic) bond motifs is 1. The zero-order valence-corrected chi connectivity index (χ0v) is 10.0. The van der Waals surface area contributed by atoms with Crippen molar-refractivity contribution in [3.8, 4) is 0 Å². The number of nitrogens with two attached hydrogens (primary N) is 1. The maximum Gasteiger partial charge on any atom is 0.201 e. The van der Waals surface area contributed by atoms with Gasteiger partial charge in [0.25, 0.3) is 0 Å². The van der Waals surface area contributed by atoms with Crippen LogP contribution in [-0.2, 0) is 6.54 Å². The first kappa shape index (κ1) is 10.6. The number of nitrogens with one attached hydrogen (secondary N) is 1. The van der Waals surface area contributed by atoms with Crippen molar-refractivity contribution in [1.82, 2.24) is 9.55 Å². The van der Waals surface area contributed by atoms with Crippen molar-refractivity contribution < 1.29 is 4.90 Å². The molecule has 0 spiro atoms. The third-order valence-corrected chi connectivity index (χ3v) is 3.68. The number of para-hydroxylation sites is 2. The molecule has 3 rings (SSSR count). The van der Waals surface area contributed by atoms with Gasteiger partial charge >= 0.3 is 0 Å². The Morgan fingerprint density at radius 3 is 2.82 bits per heavy atom. The number of nitrogens with zero attached hydrogens (tertiary/aromatic N) is 2. The number of benzene rings is 1. The number of nitrogen functional groups attached to an aromatic ring is 1. The monoisotopic (exact) mass is 231 g/mol. The van der Waals surface area contributed by atoms with Gasteiger partial charge in [-0.05, 0) is 12.1 Å². The van der Waals surface area contributed by atoms with E-state index in [0.717, 1.165) is 24.1 Å². The maximum atomic E-state index is 5.98. The average Bonchev–Trinajstić information content (AvgIpc) is 2.93. The van der Waals surface area contributed by atoms with E-state index in [9.17, 15) is 0 Å². The number of rotatable bonds is 3. The Bertz CT molecular complexity index is 511. The van der Waals surface area contributed by atoms with Crippen molar-refractivity contribution in [1.29, 1.82) is 0 Å². The van der Waals surface area contributed by atoms with Crippen LogP contribution in [0, 0.1) is 0 Å². The minimum atomic E-state index is 0.643. The van der Waals surface area contributed by atoms with E-state index in [4.69, 9.17) is 5.73 Å². The van der Waals surface area contributed by atoms with Crippen LogP contribution in [0.3, 0.4) is 0 Å². The summed E-state index contributed by atoms with van der Waals surface area (Å²) in [6.45, 7) is 4.76. The van der Waals surface area contributed by atoms with Crippen molar-refractivity contribution in [2.75, 3.05) is 25.4 Å². The first-order valence-electron chi connectivity index (χ1n) is 6.39. The van der Waals surface area contributed by atoms with Gasteiger partial charge in [0, 0.05) is 12.8 Å². The Morgan fingerprint density at radius 1 is 1.24 bits per heavy atom. The van der Waals surface area contributed by atoms with Gasteiger partial charge in [-0.15, -0.1) is 0 Å². The highest BCUT2D eigenvalue weighted by molar-refractivity contribution is 5.78. The van der Waals surface area contributed by atoms with Crippen LogP contribution in [-0.4, -0.2) is 29.2 Å². The number of imidazole rings is 1. The summed E-state index contributed by atoms with van der Waals surface area (Å²) in [5.74, 6) is 0.643. The van der Waals surface area contributed by atoms with Gasteiger partial charge in [-0.1, -0.05) is 12.1 Å². The molecule has 0 atom stereocenters. The smallest absolute Gasteiger partial charge is 0.201 e. The van der Waals surface area contributed by atoms with Gasteiger partial charge in [-0.3, -0.25) is 0 Å². The summed E-state index contributed by atoms with van der Waals surface area (Å²) >= 11 is 0. The van der Waals surface area contributed by atoms with Gasteiger partial charge in [0.2, 0.25) is 5.95 Å². The predicted molar refractivity (Wildman–Crippen MR) is 68.9 cm³/mol. The first-order chi connectivity index (χ1) is 8.34. The molecule has 0 saturated carbocycles. The van der Waals surface area contributed by atoms with E-state index in [2.05, 4.69) is 15.6 Å². The number of likely N-dealkylation sites (tertiary alicyclic amines) is 1. The third-order valence-electron chi connectivity index (χ3n) is 3.68. The standard InChI is InChI=1S/C13H18N4/c14-13-15-11-5-1-2-6-12(11)17(13)10-9-16-7-3-4-8-16/h1-2,5-6H,3-4,7-10H2,(H2,14,15)/p+1. The summed E-state index contributed by atoms with van der Waals surface area (Å²) < 4.78 is 2.14. The predicted octanol–water partition coefficient (Wildman–Crippen LogP) is 0.297. The zero-order chi connectivity index (χ0) is 11.7. The summed E-state index contributed by atoms with van der Waals surface area (Å²) in [4.78, 5) is 6.09. The third kappa shape index (κ3) is 2.00. The molecule has 1 aromatic carbocycles. The van der Waals surface area contributed by atoms with Crippen molar-refractivity contribution in [3.63, 3.8) is 0 Å². The van der Waals surface area contributed by atoms with Gasteiger partial charge in [0.15, 0.2) is 0 Å².